The van der Waals surface area contributed by atoms with E-state index in [1.54, 1.807) is 0 Å². The predicted molar refractivity (Wildman–Crippen MR) is 102 cm³/mol. The molecule has 4 rings (SSSR count). The monoisotopic (exact) mass is 355 g/mol. The van der Waals surface area contributed by atoms with Crippen molar-refractivity contribution in [2.24, 2.45) is 0 Å². The number of amides is 1. The lowest BCUT2D eigenvalue weighted by Crippen LogP contribution is -2.49. The van der Waals surface area contributed by atoms with Gasteiger partial charge in [0.15, 0.2) is 0 Å². The molecule has 0 bridgehead atoms. The van der Waals surface area contributed by atoms with Gasteiger partial charge in [0.25, 0.3) is 5.91 Å². The van der Waals surface area contributed by atoms with Crippen LogP contribution in [0.2, 0.25) is 0 Å². The van der Waals surface area contributed by atoms with Crippen molar-refractivity contribution in [1.29, 1.82) is 0 Å². The Morgan fingerprint density at radius 2 is 1.84 bits per heavy atom. The van der Waals surface area contributed by atoms with Gasteiger partial charge in [-0.25, -0.2) is 4.98 Å². The number of hydrogen-bond acceptors (Lipinski definition) is 4. The number of piperazine rings is 1. The number of aromatic nitrogens is 1. The van der Waals surface area contributed by atoms with E-state index in [2.05, 4.69) is 36.9 Å². The molecule has 0 unspecified atom stereocenters. The van der Waals surface area contributed by atoms with Gasteiger partial charge in [0, 0.05) is 37.8 Å². The molecule has 0 radical (unpaired) electrons. The highest BCUT2D eigenvalue weighted by Gasteiger charge is 2.33. The Kier molecular flexibility index (Phi) is 4.38. The number of hydrogen-bond donors (Lipinski definition) is 0. The molecule has 0 N–H and O–H groups in total. The summed E-state index contributed by atoms with van der Waals surface area (Å²) in [5.74, 6) is 0.154. The molecule has 2 aromatic rings. The minimum Gasteiger partial charge on any atom is -0.335 e. The van der Waals surface area contributed by atoms with Crippen LogP contribution in [0.3, 0.4) is 0 Å². The fraction of sp³-hybridized carbons (Fsp3) is 0.500. The van der Waals surface area contributed by atoms with Crippen LogP contribution in [0.1, 0.15) is 39.3 Å². The van der Waals surface area contributed by atoms with Crippen molar-refractivity contribution in [2.45, 2.75) is 39.7 Å². The first-order valence-electron chi connectivity index (χ1n) is 9.11. The first-order valence-corrected chi connectivity index (χ1v) is 9.93. The van der Waals surface area contributed by atoms with Crippen molar-refractivity contribution < 1.29 is 4.79 Å². The molecule has 4 nitrogen and oxygen atoms in total. The molecule has 25 heavy (non-hydrogen) atoms. The maximum absolute atomic E-state index is 13.0. The van der Waals surface area contributed by atoms with E-state index in [-0.39, 0.29) is 5.91 Å². The van der Waals surface area contributed by atoms with Crippen LogP contribution in [0.4, 0.5) is 0 Å². The van der Waals surface area contributed by atoms with Crippen molar-refractivity contribution in [3.05, 3.63) is 39.9 Å². The average molecular weight is 356 g/mol. The lowest BCUT2D eigenvalue weighted by atomic mass is 10.1. The Labute approximate surface area is 153 Å². The van der Waals surface area contributed by atoms with Gasteiger partial charge in [-0.2, -0.15) is 0 Å². The lowest BCUT2D eigenvalue weighted by Gasteiger charge is -2.34. The molecule has 1 amide bonds. The standard InChI is InChI=1S/C20H25N3OS/c1-13-4-7-17(14(2)12-13)19-21-15(3)18(25-19)20(24)23-10-8-22(9-11-23)16-5-6-16/h4,7,12,16H,5-6,8-11H2,1-3H3. The number of rotatable bonds is 3. The second kappa shape index (κ2) is 6.54. The fourth-order valence-electron chi connectivity index (χ4n) is 3.64. The average Bonchev–Trinajstić information content (AvgIpc) is 3.37. The van der Waals surface area contributed by atoms with Crippen LogP contribution in [-0.2, 0) is 0 Å². The summed E-state index contributed by atoms with van der Waals surface area (Å²) in [6.07, 6.45) is 2.67. The van der Waals surface area contributed by atoms with Crippen LogP contribution in [0, 0.1) is 20.8 Å². The van der Waals surface area contributed by atoms with E-state index in [9.17, 15) is 4.79 Å². The van der Waals surface area contributed by atoms with E-state index in [0.717, 1.165) is 53.4 Å². The van der Waals surface area contributed by atoms with Crippen molar-refractivity contribution in [3.63, 3.8) is 0 Å². The predicted octanol–water partition coefficient (Wildman–Crippen LogP) is 3.66. The summed E-state index contributed by atoms with van der Waals surface area (Å²) in [4.78, 5) is 23.0. The van der Waals surface area contributed by atoms with Crippen LogP contribution >= 0.6 is 11.3 Å². The number of thiazole rings is 1. The highest BCUT2D eigenvalue weighted by Crippen LogP contribution is 2.32. The van der Waals surface area contributed by atoms with Crippen LogP contribution in [-0.4, -0.2) is 52.9 Å². The molecule has 132 valence electrons. The van der Waals surface area contributed by atoms with Gasteiger partial charge >= 0.3 is 0 Å². The number of carbonyl (C=O) groups is 1. The summed E-state index contributed by atoms with van der Waals surface area (Å²) in [5, 5.41) is 0.954. The summed E-state index contributed by atoms with van der Waals surface area (Å²) < 4.78 is 0. The van der Waals surface area contributed by atoms with Gasteiger partial charge in [-0.1, -0.05) is 23.8 Å². The molecule has 1 aliphatic carbocycles. The van der Waals surface area contributed by atoms with E-state index < -0.39 is 0 Å². The van der Waals surface area contributed by atoms with E-state index in [1.807, 2.05) is 11.8 Å². The van der Waals surface area contributed by atoms with Crippen LogP contribution < -0.4 is 0 Å². The van der Waals surface area contributed by atoms with Crippen molar-refractivity contribution in [3.8, 4) is 10.6 Å². The smallest absolute Gasteiger partial charge is 0.265 e. The van der Waals surface area contributed by atoms with Crippen molar-refractivity contribution in [2.75, 3.05) is 26.2 Å². The zero-order chi connectivity index (χ0) is 17.6. The van der Waals surface area contributed by atoms with E-state index in [0.29, 0.717) is 0 Å². The topological polar surface area (TPSA) is 36.4 Å². The van der Waals surface area contributed by atoms with Crippen molar-refractivity contribution in [1.82, 2.24) is 14.8 Å². The molecule has 1 aromatic heterocycles. The van der Waals surface area contributed by atoms with Gasteiger partial charge in [0.05, 0.1) is 5.69 Å². The second-order valence-electron chi connectivity index (χ2n) is 7.31. The Morgan fingerprint density at radius 3 is 2.48 bits per heavy atom. The molecule has 2 heterocycles. The van der Waals surface area contributed by atoms with Crippen LogP contribution in [0.15, 0.2) is 18.2 Å². The van der Waals surface area contributed by atoms with Gasteiger partial charge in [-0.15, -0.1) is 11.3 Å². The largest absolute Gasteiger partial charge is 0.335 e. The molecule has 2 aliphatic rings. The van der Waals surface area contributed by atoms with E-state index in [4.69, 9.17) is 4.98 Å². The molecular formula is C20H25N3OS. The Balaban J connectivity index is 1.52. The molecule has 1 aliphatic heterocycles. The zero-order valence-electron chi connectivity index (χ0n) is 15.2. The van der Waals surface area contributed by atoms with Gasteiger partial charge in [-0.05, 0) is 39.2 Å². The van der Waals surface area contributed by atoms with E-state index >= 15 is 0 Å². The van der Waals surface area contributed by atoms with Gasteiger partial charge in [0.2, 0.25) is 0 Å². The third-order valence-corrected chi connectivity index (χ3v) is 6.45. The Hall–Kier alpha value is -1.72. The maximum Gasteiger partial charge on any atom is 0.265 e. The molecule has 0 atom stereocenters. The fourth-order valence-corrected chi connectivity index (χ4v) is 4.76. The van der Waals surface area contributed by atoms with Crippen molar-refractivity contribution >= 4 is 17.2 Å². The number of nitrogens with zero attached hydrogens (tertiary/aromatic N) is 3. The molecular weight excluding hydrogens is 330 g/mol. The quantitative estimate of drug-likeness (QED) is 0.843. The third-order valence-electron chi connectivity index (χ3n) is 5.27. The van der Waals surface area contributed by atoms with Gasteiger partial charge in [0.1, 0.15) is 9.88 Å². The van der Waals surface area contributed by atoms with Gasteiger partial charge < -0.3 is 4.90 Å². The summed E-state index contributed by atoms with van der Waals surface area (Å²) in [7, 11) is 0. The summed E-state index contributed by atoms with van der Waals surface area (Å²) >= 11 is 1.54. The lowest BCUT2D eigenvalue weighted by molar-refractivity contribution is 0.0631. The second-order valence-corrected chi connectivity index (χ2v) is 8.31. The summed E-state index contributed by atoms with van der Waals surface area (Å²) in [6.45, 7) is 9.86. The number of carbonyl (C=O) groups excluding carboxylic acids is 1. The first-order chi connectivity index (χ1) is 12.0. The SMILES string of the molecule is Cc1ccc(-c2nc(C)c(C(=O)N3CCN(C4CC4)CC3)s2)c(C)c1. The minimum atomic E-state index is 0.154. The first kappa shape index (κ1) is 16.7. The molecule has 2 fully saturated rings. The summed E-state index contributed by atoms with van der Waals surface area (Å²) in [5.41, 5.74) is 4.45. The molecule has 1 saturated heterocycles. The molecule has 1 aromatic carbocycles. The maximum atomic E-state index is 13.0. The van der Waals surface area contributed by atoms with Crippen LogP contribution in [0.25, 0.3) is 10.6 Å². The zero-order valence-corrected chi connectivity index (χ0v) is 16.0. The molecule has 1 saturated carbocycles. The normalized spacial score (nSPS) is 18.6. The minimum absolute atomic E-state index is 0.154. The molecule has 5 heteroatoms. The Morgan fingerprint density at radius 1 is 1.12 bits per heavy atom. The Bertz CT molecular complexity index is 801. The van der Waals surface area contributed by atoms with E-state index in [1.165, 1.54) is 35.3 Å². The number of aryl methyl sites for hydroxylation is 3. The third kappa shape index (κ3) is 3.35. The van der Waals surface area contributed by atoms with Crippen LogP contribution in [0.5, 0.6) is 0 Å². The molecule has 0 spiro atoms. The number of benzene rings is 1. The highest BCUT2D eigenvalue weighted by molar-refractivity contribution is 7.17. The summed E-state index contributed by atoms with van der Waals surface area (Å²) in [6, 6.07) is 7.19. The van der Waals surface area contributed by atoms with Gasteiger partial charge in [-0.3, -0.25) is 9.69 Å². The highest BCUT2D eigenvalue weighted by atomic mass is 32.1.